The highest BCUT2D eigenvalue weighted by Crippen LogP contribution is 2.28. The van der Waals surface area contributed by atoms with Crippen LogP contribution < -0.4 is 10.6 Å². The average molecular weight is 406 g/mol. The zero-order valence-electron chi connectivity index (χ0n) is 17.3. The fourth-order valence-electron chi connectivity index (χ4n) is 3.84. The lowest BCUT2D eigenvalue weighted by Crippen LogP contribution is -2.41. The number of anilines is 1. The maximum Gasteiger partial charge on any atom is 0.255 e. The van der Waals surface area contributed by atoms with E-state index in [2.05, 4.69) is 20.7 Å². The molecule has 8 nitrogen and oxygen atoms in total. The predicted octanol–water partition coefficient (Wildman–Crippen LogP) is 2.32. The molecule has 3 aromatic rings. The second-order valence-electron chi connectivity index (χ2n) is 7.65. The second kappa shape index (κ2) is 8.52. The van der Waals surface area contributed by atoms with E-state index in [0.29, 0.717) is 25.2 Å². The number of benzene rings is 1. The summed E-state index contributed by atoms with van der Waals surface area (Å²) in [6.45, 7) is 3.47. The van der Waals surface area contributed by atoms with E-state index < -0.39 is 0 Å². The minimum atomic E-state index is -0.180. The van der Waals surface area contributed by atoms with Crippen molar-refractivity contribution in [3.05, 3.63) is 53.9 Å². The number of likely N-dealkylation sites (tertiary alicyclic amines) is 1. The number of aryl methyl sites for hydroxylation is 1. The Morgan fingerprint density at radius 3 is 2.57 bits per heavy atom. The molecular formula is C22H26N6O2. The Kier molecular flexibility index (Phi) is 5.65. The largest absolute Gasteiger partial charge is 0.381 e. The van der Waals surface area contributed by atoms with Crippen molar-refractivity contribution >= 4 is 28.5 Å². The predicted molar refractivity (Wildman–Crippen MR) is 115 cm³/mol. The summed E-state index contributed by atoms with van der Waals surface area (Å²) in [5.41, 5.74) is 3.01. The molecule has 1 aliphatic rings. The fraction of sp³-hybridized carbons (Fsp3) is 0.364. The van der Waals surface area contributed by atoms with Gasteiger partial charge in [0.2, 0.25) is 5.91 Å². The van der Waals surface area contributed by atoms with Crippen molar-refractivity contribution in [1.82, 2.24) is 25.0 Å². The number of amides is 2. The van der Waals surface area contributed by atoms with E-state index in [1.807, 2.05) is 42.3 Å². The van der Waals surface area contributed by atoms with Crippen molar-refractivity contribution in [2.75, 3.05) is 18.4 Å². The van der Waals surface area contributed by atoms with Gasteiger partial charge in [0.1, 0.15) is 0 Å². The Bertz CT molecular complexity index is 1050. The number of hydrogen-bond acceptors (Lipinski definition) is 5. The van der Waals surface area contributed by atoms with Crippen LogP contribution in [0.1, 0.15) is 35.7 Å². The van der Waals surface area contributed by atoms with Crippen LogP contribution in [0.3, 0.4) is 0 Å². The normalized spacial score (nSPS) is 14.7. The summed E-state index contributed by atoms with van der Waals surface area (Å²) in [5.74, 6) is -0.0752. The van der Waals surface area contributed by atoms with Crippen molar-refractivity contribution in [1.29, 1.82) is 0 Å². The van der Waals surface area contributed by atoms with Crippen molar-refractivity contribution in [3.8, 4) is 0 Å². The molecule has 1 fully saturated rings. The van der Waals surface area contributed by atoms with Crippen LogP contribution in [0.4, 0.5) is 5.69 Å². The van der Waals surface area contributed by atoms with Crippen molar-refractivity contribution < 1.29 is 9.59 Å². The molecule has 0 atom stereocenters. The number of aromatic nitrogens is 3. The number of carbonyl (C=O) groups is 2. The van der Waals surface area contributed by atoms with Gasteiger partial charge in [-0.2, -0.15) is 5.10 Å². The molecule has 0 unspecified atom stereocenters. The highest BCUT2D eigenvalue weighted by molar-refractivity contribution is 6.06. The molecule has 156 valence electrons. The lowest BCUT2D eigenvalue weighted by molar-refractivity contribution is -0.129. The second-order valence-corrected chi connectivity index (χ2v) is 7.65. The van der Waals surface area contributed by atoms with Crippen molar-refractivity contribution in [3.63, 3.8) is 0 Å². The Morgan fingerprint density at radius 1 is 1.13 bits per heavy atom. The van der Waals surface area contributed by atoms with Gasteiger partial charge in [-0.1, -0.05) is 30.3 Å². The molecule has 30 heavy (non-hydrogen) atoms. The smallest absolute Gasteiger partial charge is 0.255 e. The average Bonchev–Trinajstić information content (AvgIpc) is 3.14. The van der Waals surface area contributed by atoms with Gasteiger partial charge in [-0.15, -0.1) is 0 Å². The van der Waals surface area contributed by atoms with Crippen LogP contribution in [0.2, 0.25) is 0 Å². The lowest BCUT2D eigenvalue weighted by atomic mass is 10.0. The molecule has 2 aromatic heterocycles. The lowest BCUT2D eigenvalue weighted by Gasteiger charge is -2.32. The number of hydrogen-bond donors (Lipinski definition) is 2. The van der Waals surface area contributed by atoms with Gasteiger partial charge in [-0.05, 0) is 18.4 Å². The van der Waals surface area contributed by atoms with E-state index in [0.717, 1.165) is 35.1 Å². The molecule has 0 aliphatic carbocycles. The van der Waals surface area contributed by atoms with Crippen LogP contribution in [0.5, 0.6) is 0 Å². The van der Waals surface area contributed by atoms with Crippen LogP contribution in [-0.2, 0) is 18.4 Å². The van der Waals surface area contributed by atoms with Crippen LogP contribution >= 0.6 is 0 Å². The molecule has 1 aliphatic heterocycles. The van der Waals surface area contributed by atoms with E-state index in [1.165, 1.54) is 0 Å². The van der Waals surface area contributed by atoms with Gasteiger partial charge in [-0.3, -0.25) is 14.3 Å². The molecule has 0 saturated carbocycles. The number of piperidine rings is 1. The molecule has 8 heteroatoms. The molecule has 0 bridgehead atoms. The zero-order valence-corrected chi connectivity index (χ0v) is 17.3. The van der Waals surface area contributed by atoms with Crippen molar-refractivity contribution in [2.24, 2.45) is 7.05 Å². The Hall–Kier alpha value is -3.42. The van der Waals surface area contributed by atoms with E-state index in [-0.39, 0.29) is 17.9 Å². The Labute approximate surface area is 175 Å². The standard InChI is InChI=1S/C22H26N6O2/c1-15(29)28-10-8-17(9-11-28)26-20-18-14-25-27(2)21(18)23-13-19(20)22(30)24-12-16-6-4-3-5-7-16/h3-7,13-14,17H,8-12H2,1-2H3,(H,23,26)(H,24,30). The van der Waals surface area contributed by atoms with Crippen LogP contribution in [-0.4, -0.2) is 50.6 Å². The number of pyridine rings is 1. The van der Waals surface area contributed by atoms with Gasteiger partial charge in [-0.25, -0.2) is 4.98 Å². The minimum absolute atomic E-state index is 0.105. The number of fused-ring (bicyclic) bond motifs is 1. The van der Waals surface area contributed by atoms with Gasteiger partial charge in [0.15, 0.2) is 5.65 Å². The van der Waals surface area contributed by atoms with E-state index >= 15 is 0 Å². The van der Waals surface area contributed by atoms with E-state index in [1.54, 1.807) is 24.0 Å². The maximum absolute atomic E-state index is 13.0. The summed E-state index contributed by atoms with van der Waals surface area (Å²) < 4.78 is 1.70. The Balaban J connectivity index is 1.57. The van der Waals surface area contributed by atoms with E-state index in [9.17, 15) is 9.59 Å². The van der Waals surface area contributed by atoms with Gasteiger partial charge < -0.3 is 15.5 Å². The van der Waals surface area contributed by atoms with E-state index in [4.69, 9.17) is 0 Å². The first-order valence-electron chi connectivity index (χ1n) is 10.2. The summed E-state index contributed by atoms with van der Waals surface area (Å²) in [6, 6.07) is 9.98. The molecule has 2 N–H and O–H groups in total. The molecule has 1 aromatic carbocycles. The van der Waals surface area contributed by atoms with Gasteiger partial charge in [0, 0.05) is 45.8 Å². The molecule has 3 heterocycles. The third-order valence-corrected chi connectivity index (χ3v) is 5.59. The van der Waals surface area contributed by atoms with Gasteiger partial charge in [0.05, 0.1) is 22.8 Å². The topological polar surface area (TPSA) is 92.2 Å². The summed E-state index contributed by atoms with van der Waals surface area (Å²) in [6.07, 6.45) is 5.00. The van der Waals surface area contributed by atoms with Gasteiger partial charge >= 0.3 is 0 Å². The molecule has 4 rings (SSSR count). The highest BCUT2D eigenvalue weighted by Gasteiger charge is 2.24. The number of nitrogens with zero attached hydrogens (tertiary/aromatic N) is 4. The first-order valence-corrected chi connectivity index (χ1v) is 10.2. The van der Waals surface area contributed by atoms with Crippen molar-refractivity contribution in [2.45, 2.75) is 32.4 Å². The van der Waals surface area contributed by atoms with Gasteiger partial charge in [0.25, 0.3) is 5.91 Å². The fourth-order valence-corrected chi connectivity index (χ4v) is 3.84. The first kappa shape index (κ1) is 19.9. The molecular weight excluding hydrogens is 380 g/mol. The summed E-state index contributed by atoms with van der Waals surface area (Å²) in [7, 11) is 1.83. The minimum Gasteiger partial charge on any atom is -0.381 e. The summed E-state index contributed by atoms with van der Waals surface area (Å²) >= 11 is 0. The van der Waals surface area contributed by atoms with Crippen LogP contribution in [0, 0.1) is 0 Å². The monoisotopic (exact) mass is 406 g/mol. The SMILES string of the molecule is CC(=O)N1CCC(Nc2c(C(=O)NCc3ccccc3)cnc3c2cnn3C)CC1. The summed E-state index contributed by atoms with van der Waals surface area (Å²) in [5, 5.41) is 11.7. The number of carbonyl (C=O) groups excluding carboxylic acids is 2. The van der Waals surface area contributed by atoms with Crippen LogP contribution in [0.25, 0.3) is 11.0 Å². The maximum atomic E-state index is 13.0. The highest BCUT2D eigenvalue weighted by atomic mass is 16.2. The van der Waals surface area contributed by atoms with Crippen LogP contribution in [0.15, 0.2) is 42.7 Å². The third kappa shape index (κ3) is 4.12. The first-order chi connectivity index (χ1) is 14.5. The molecule has 0 spiro atoms. The summed E-state index contributed by atoms with van der Waals surface area (Å²) in [4.78, 5) is 30.9. The number of nitrogens with one attached hydrogen (secondary N) is 2. The third-order valence-electron chi connectivity index (χ3n) is 5.59. The molecule has 1 saturated heterocycles. The Morgan fingerprint density at radius 2 is 1.87 bits per heavy atom. The number of rotatable bonds is 5. The quantitative estimate of drug-likeness (QED) is 0.678. The molecule has 2 amide bonds. The molecule has 0 radical (unpaired) electrons. The zero-order chi connectivity index (χ0) is 21.1.